The first-order valence-corrected chi connectivity index (χ1v) is 10.7. The number of anilines is 1. The lowest BCUT2D eigenvalue weighted by Gasteiger charge is -2.23. The van der Waals surface area contributed by atoms with Gasteiger partial charge >= 0.3 is 0 Å². The summed E-state index contributed by atoms with van der Waals surface area (Å²) in [7, 11) is 0. The molecule has 0 saturated heterocycles. The van der Waals surface area contributed by atoms with Crippen molar-refractivity contribution in [1.29, 1.82) is 0 Å². The highest BCUT2D eigenvalue weighted by Gasteiger charge is 2.50. The second-order valence-corrected chi connectivity index (χ2v) is 8.75. The first kappa shape index (κ1) is 21.3. The van der Waals surface area contributed by atoms with Crippen molar-refractivity contribution in [2.45, 2.75) is 32.4 Å². The molecule has 1 aliphatic heterocycles. The highest BCUT2D eigenvalue weighted by molar-refractivity contribution is 9.10. The van der Waals surface area contributed by atoms with Crippen molar-refractivity contribution in [3.8, 4) is 0 Å². The number of carbonyl (C=O) groups excluding carboxylic acids is 2. The van der Waals surface area contributed by atoms with Crippen molar-refractivity contribution in [3.63, 3.8) is 0 Å². The molecule has 1 atom stereocenters. The number of halogens is 1. The minimum atomic E-state index is -1.93. The van der Waals surface area contributed by atoms with E-state index < -0.39 is 11.5 Å². The lowest BCUT2D eigenvalue weighted by atomic mass is 9.90. The monoisotopic (exact) mass is 479 g/mol. The number of amides is 1. The van der Waals surface area contributed by atoms with Gasteiger partial charge in [0.2, 0.25) is 0 Å². The third-order valence-corrected chi connectivity index (χ3v) is 6.03. The van der Waals surface area contributed by atoms with Crippen LogP contribution in [0.15, 0.2) is 69.8 Å². The number of hydrogen-bond donors (Lipinski definition) is 1. The smallest absolute Gasteiger partial charge is 0.264 e. The van der Waals surface area contributed by atoms with Crippen LogP contribution in [0.4, 0.5) is 5.69 Å². The Kier molecular flexibility index (Phi) is 5.69. The van der Waals surface area contributed by atoms with E-state index in [4.69, 9.17) is 4.42 Å². The van der Waals surface area contributed by atoms with E-state index in [1.807, 2.05) is 38.1 Å². The van der Waals surface area contributed by atoms with Crippen molar-refractivity contribution in [3.05, 3.63) is 93.4 Å². The maximum Gasteiger partial charge on any atom is 0.264 e. The summed E-state index contributed by atoms with van der Waals surface area (Å²) in [6, 6.07) is 14.8. The van der Waals surface area contributed by atoms with E-state index in [2.05, 4.69) is 15.9 Å². The molecule has 158 valence electrons. The summed E-state index contributed by atoms with van der Waals surface area (Å²) in [6.07, 6.45) is 4.02. The fourth-order valence-electron chi connectivity index (χ4n) is 3.86. The summed E-state index contributed by atoms with van der Waals surface area (Å²) in [6.45, 7) is 4.31. The molecule has 4 rings (SSSR count). The van der Waals surface area contributed by atoms with E-state index in [1.54, 1.807) is 29.2 Å². The number of aliphatic hydroxyl groups is 1. The summed E-state index contributed by atoms with van der Waals surface area (Å²) in [5, 5.41) is 11.4. The number of furan rings is 1. The third-order valence-electron chi connectivity index (χ3n) is 5.53. The predicted octanol–water partition coefficient (Wildman–Crippen LogP) is 5.07. The molecule has 0 saturated carbocycles. The third kappa shape index (κ3) is 4.13. The van der Waals surface area contributed by atoms with Crippen LogP contribution >= 0.6 is 15.9 Å². The Morgan fingerprint density at radius 2 is 2.00 bits per heavy atom. The fourth-order valence-corrected chi connectivity index (χ4v) is 4.22. The molecule has 2 aromatic carbocycles. The molecule has 0 fully saturated rings. The van der Waals surface area contributed by atoms with Gasteiger partial charge in [0.05, 0.1) is 24.9 Å². The predicted molar refractivity (Wildman–Crippen MR) is 123 cm³/mol. The number of fused-ring (bicyclic) bond motifs is 1. The van der Waals surface area contributed by atoms with Gasteiger partial charge in [0.25, 0.3) is 5.91 Å². The van der Waals surface area contributed by atoms with Crippen molar-refractivity contribution in [1.82, 2.24) is 0 Å². The number of rotatable bonds is 6. The van der Waals surface area contributed by atoms with E-state index >= 15 is 0 Å². The number of aryl methyl sites for hydroxylation is 2. The first-order valence-electron chi connectivity index (χ1n) is 9.93. The zero-order valence-electron chi connectivity index (χ0n) is 17.3. The van der Waals surface area contributed by atoms with E-state index in [9.17, 15) is 14.7 Å². The molecular formula is C25H22BrNO4. The molecule has 1 aromatic heterocycles. The van der Waals surface area contributed by atoms with Crippen LogP contribution in [-0.2, 0) is 21.7 Å². The molecule has 0 spiro atoms. The van der Waals surface area contributed by atoms with Crippen molar-refractivity contribution < 1.29 is 19.1 Å². The second kappa shape index (κ2) is 8.29. The quantitative estimate of drug-likeness (QED) is 0.501. The maximum atomic E-state index is 13.4. The SMILES string of the molecule is Cc1ccc(C)c(CN2C(=O)[C@](O)(CC(=O)/C=C/c3ccco3)c3cc(Br)ccc32)c1. The summed E-state index contributed by atoms with van der Waals surface area (Å²) < 4.78 is 5.92. The summed E-state index contributed by atoms with van der Waals surface area (Å²) >= 11 is 3.42. The van der Waals surface area contributed by atoms with Gasteiger partial charge in [-0.05, 0) is 67.5 Å². The molecule has 0 unspecified atom stereocenters. The average molecular weight is 480 g/mol. The van der Waals surface area contributed by atoms with Gasteiger partial charge in [-0.25, -0.2) is 0 Å². The molecule has 0 bridgehead atoms. The van der Waals surface area contributed by atoms with Gasteiger partial charge in [-0.15, -0.1) is 0 Å². The van der Waals surface area contributed by atoms with Crippen LogP contribution in [0.1, 0.15) is 34.4 Å². The van der Waals surface area contributed by atoms with Crippen LogP contribution in [0, 0.1) is 13.8 Å². The molecule has 2 heterocycles. The Balaban J connectivity index is 1.67. The van der Waals surface area contributed by atoms with Gasteiger partial charge in [-0.1, -0.05) is 39.7 Å². The summed E-state index contributed by atoms with van der Waals surface area (Å²) in [4.78, 5) is 27.6. The number of allylic oxidation sites excluding steroid dienone is 1. The van der Waals surface area contributed by atoms with E-state index in [1.165, 1.54) is 18.4 Å². The van der Waals surface area contributed by atoms with Crippen LogP contribution in [0.3, 0.4) is 0 Å². The maximum absolute atomic E-state index is 13.4. The van der Waals surface area contributed by atoms with Crippen LogP contribution in [0.5, 0.6) is 0 Å². The van der Waals surface area contributed by atoms with Crippen LogP contribution < -0.4 is 4.90 Å². The Morgan fingerprint density at radius 1 is 1.19 bits per heavy atom. The zero-order valence-corrected chi connectivity index (χ0v) is 18.8. The van der Waals surface area contributed by atoms with Gasteiger partial charge in [-0.2, -0.15) is 0 Å². The van der Waals surface area contributed by atoms with Crippen LogP contribution in [0.2, 0.25) is 0 Å². The highest BCUT2D eigenvalue weighted by Crippen LogP contribution is 2.44. The van der Waals surface area contributed by atoms with Crippen molar-refractivity contribution in [2.24, 2.45) is 0 Å². The van der Waals surface area contributed by atoms with Gasteiger partial charge in [0.1, 0.15) is 5.76 Å². The summed E-state index contributed by atoms with van der Waals surface area (Å²) in [5.41, 5.74) is 2.26. The average Bonchev–Trinajstić information content (AvgIpc) is 3.31. The number of carbonyl (C=O) groups is 2. The molecule has 1 N–H and O–H groups in total. The number of hydrogen-bond acceptors (Lipinski definition) is 4. The van der Waals surface area contributed by atoms with Gasteiger partial charge in [-0.3, -0.25) is 9.59 Å². The van der Waals surface area contributed by atoms with E-state index in [-0.39, 0.29) is 12.2 Å². The normalized spacial score (nSPS) is 18.1. The lowest BCUT2D eigenvalue weighted by Crippen LogP contribution is -2.41. The first-order chi connectivity index (χ1) is 14.8. The minimum absolute atomic E-state index is 0.319. The van der Waals surface area contributed by atoms with Gasteiger partial charge in [0.15, 0.2) is 11.4 Å². The Labute approximate surface area is 189 Å². The standard InChI is InChI=1S/C25H22BrNO4/c1-16-5-6-17(2)18(12-16)15-27-23-10-7-19(26)13-22(23)25(30,24(27)29)14-20(28)8-9-21-4-3-11-31-21/h3-13,30H,14-15H2,1-2H3/b9-8+/t25-/m0/s1. The van der Waals surface area contributed by atoms with Crippen LogP contribution in [-0.4, -0.2) is 16.8 Å². The Hall–Kier alpha value is -2.96. The Morgan fingerprint density at radius 3 is 2.74 bits per heavy atom. The minimum Gasteiger partial charge on any atom is -0.465 e. The van der Waals surface area contributed by atoms with Gasteiger partial charge < -0.3 is 14.4 Å². The molecule has 3 aromatic rings. The van der Waals surface area contributed by atoms with Gasteiger partial charge in [0, 0.05) is 10.0 Å². The molecular weight excluding hydrogens is 458 g/mol. The molecule has 0 radical (unpaired) electrons. The topological polar surface area (TPSA) is 70.8 Å². The number of ketones is 1. The lowest BCUT2D eigenvalue weighted by molar-refractivity contribution is -0.140. The molecule has 6 heteroatoms. The summed E-state index contributed by atoms with van der Waals surface area (Å²) in [5.74, 6) is -0.342. The van der Waals surface area contributed by atoms with E-state index in [0.29, 0.717) is 23.6 Å². The van der Waals surface area contributed by atoms with Crippen LogP contribution in [0.25, 0.3) is 6.08 Å². The van der Waals surface area contributed by atoms with E-state index in [0.717, 1.165) is 21.2 Å². The fraction of sp³-hybridized carbons (Fsp3) is 0.200. The Bertz CT molecular complexity index is 1180. The zero-order chi connectivity index (χ0) is 22.2. The highest BCUT2D eigenvalue weighted by atomic mass is 79.9. The molecule has 0 aliphatic carbocycles. The molecule has 5 nitrogen and oxygen atoms in total. The molecule has 1 amide bonds. The molecule has 31 heavy (non-hydrogen) atoms. The second-order valence-electron chi connectivity index (χ2n) is 7.83. The number of benzene rings is 2. The largest absolute Gasteiger partial charge is 0.465 e. The van der Waals surface area contributed by atoms with Crippen molar-refractivity contribution >= 4 is 39.4 Å². The molecule has 1 aliphatic rings. The van der Waals surface area contributed by atoms with Crippen molar-refractivity contribution in [2.75, 3.05) is 4.90 Å². The number of nitrogens with zero attached hydrogens (tertiary/aromatic N) is 1.